The van der Waals surface area contributed by atoms with E-state index < -0.39 is 0 Å². The van der Waals surface area contributed by atoms with Gasteiger partial charge in [-0.25, -0.2) is 0 Å². The van der Waals surface area contributed by atoms with Crippen molar-refractivity contribution in [2.45, 2.75) is 33.7 Å². The molecule has 2 aliphatic rings. The Kier molecular flexibility index (Phi) is 5.08. The number of rotatable bonds is 5. The first-order valence-corrected chi connectivity index (χ1v) is 8.84. The van der Waals surface area contributed by atoms with E-state index in [4.69, 9.17) is 14.2 Å². The highest BCUT2D eigenvalue weighted by molar-refractivity contribution is 5.81. The molecule has 2 aliphatic heterocycles. The molecule has 0 radical (unpaired) electrons. The van der Waals surface area contributed by atoms with Gasteiger partial charge in [0, 0.05) is 25.0 Å². The van der Waals surface area contributed by atoms with Gasteiger partial charge in [-0.2, -0.15) is 0 Å². The second-order valence-corrected chi connectivity index (χ2v) is 7.88. The summed E-state index contributed by atoms with van der Waals surface area (Å²) in [6.07, 6.45) is 1.10. The lowest BCUT2D eigenvalue weighted by Gasteiger charge is -2.20. The SMILES string of the molecule is COc1cc(CN2CC[C@H](CNC(=O)C(C)(C)C)C2)cc2c1OCO2. The highest BCUT2D eigenvalue weighted by Crippen LogP contribution is 2.42. The summed E-state index contributed by atoms with van der Waals surface area (Å²) >= 11 is 0. The highest BCUT2D eigenvalue weighted by Gasteiger charge is 2.27. The van der Waals surface area contributed by atoms with Crippen molar-refractivity contribution in [2.75, 3.05) is 33.5 Å². The fraction of sp³-hybridized carbons (Fsp3) is 0.632. The van der Waals surface area contributed by atoms with Crippen molar-refractivity contribution in [3.63, 3.8) is 0 Å². The number of hydrogen-bond acceptors (Lipinski definition) is 5. The number of nitrogens with zero attached hydrogens (tertiary/aromatic N) is 1. The maximum Gasteiger partial charge on any atom is 0.231 e. The van der Waals surface area contributed by atoms with Gasteiger partial charge in [-0.05, 0) is 36.6 Å². The molecule has 0 aromatic heterocycles. The van der Waals surface area contributed by atoms with Gasteiger partial charge < -0.3 is 19.5 Å². The average Bonchev–Trinajstić information content (AvgIpc) is 3.20. The van der Waals surface area contributed by atoms with Gasteiger partial charge >= 0.3 is 0 Å². The number of carbonyl (C=O) groups excluding carboxylic acids is 1. The van der Waals surface area contributed by atoms with Crippen LogP contribution in [0.3, 0.4) is 0 Å². The van der Waals surface area contributed by atoms with Gasteiger partial charge in [-0.3, -0.25) is 9.69 Å². The third-order valence-corrected chi connectivity index (χ3v) is 4.73. The maximum atomic E-state index is 12.0. The molecule has 6 nitrogen and oxygen atoms in total. The lowest BCUT2D eigenvalue weighted by molar-refractivity contribution is -0.128. The lowest BCUT2D eigenvalue weighted by Crippen LogP contribution is -2.38. The quantitative estimate of drug-likeness (QED) is 0.885. The molecule has 0 aliphatic carbocycles. The fourth-order valence-corrected chi connectivity index (χ4v) is 3.26. The molecular weight excluding hydrogens is 320 g/mol. The standard InChI is InChI=1S/C19H28N2O4/c1-19(2,3)18(22)20-9-13-5-6-21(10-13)11-14-7-15(23-4)17-16(8-14)24-12-25-17/h7-8,13H,5-6,9-12H2,1-4H3,(H,20,22)/t13-/m1/s1. The van der Waals surface area contributed by atoms with Crippen molar-refractivity contribution < 1.29 is 19.0 Å². The Morgan fingerprint density at radius 2 is 2.16 bits per heavy atom. The van der Waals surface area contributed by atoms with Gasteiger partial charge in [-0.1, -0.05) is 20.8 Å². The number of methoxy groups -OCH3 is 1. The molecule has 1 amide bonds. The Bertz CT molecular complexity index is 639. The minimum atomic E-state index is -0.332. The van der Waals surface area contributed by atoms with E-state index in [9.17, 15) is 4.79 Å². The molecule has 138 valence electrons. The number of benzene rings is 1. The number of nitrogens with one attached hydrogen (secondary N) is 1. The highest BCUT2D eigenvalue weighted by atomic mass is 16.7. The van der Waals surface area contributed by atoms with Gasteiger partial charge in [0.15, 0.2) is 11.5 Å². The van der Waals surface area contributed by atoms with Crippen LogP contribution in [0.2, 0.25) is 0 Å². The molecule has 1 aromatic carbocycles. The summed E-state index contributed by atoms with van der Waals surface area (Å²) in [5.41, 5.74) is 0.821. The van der Waals surface area contributed by atoms with Crippen molar-refractivity contribution in [1.82, 2.24) is 10.2 Å². The number of likely N-dealkylation sites (tertiary alicyclic amines) is 1. The molecule has 1 aromatic rings. The van der Waals surface area contributed by atoms with E-state index in [0.29, 0.717) is 11.7 Å². The zero-order valence-corrected chi connectivity index (χ0v) is 15.6. The largest absolute Gasteiger partial charge is 0.493 e. The predicted molar refractivity (Wildman–Crippen MR) is 95.0 cm³/mol. The lowest BCUT2D eigenvalue weighted by atomic mass is 9.95. The van der Waals surface area contributed by atoms with Crippen molar-refractivity contribution >= 4 is 5.91 Å². The number of carbonyl (C=O) groups is 1. The van der Waals surface area contributed by atoms with Crippen LogP contribution in [0.5, 0.6) is 17.2 Å². The number of amides is 1. The fourth-order valence-electron chi connectivity index (χ4n) is 3.26. The Labute approximate surface area is 149 Å². The number of ether oxygens (including phenoxy) is 3. The molecule has 6 heteroatoms. The maximum absolute atomic E-state index is 12.0. The summed E-state index contributed by atoms with van der Waals surface area (Å²) in [5, 5.41) is 3.08. The molecule has 0 spiro atoms. The van der Waals surface area contributed by atoms with Crippen LogP contribution in [0.25, 0.3) is 0 Å². The Morgan fingerprint density at radius 3 is 2.88 bits per heavy atom. The molecule has 1 fully saturated rings. The van der Waals surface area contributed by atoms with Gasteiger partial charge in [0.2, 0.25) is 18.4 Å². The molecule has 1 N–H and O–H groups in total. The molecular formula is C19H28N2O4. The van der Waals surface area contributed by atoms with Crippen LogP contribution in [0, 0.1) is 11.3 Å². The smallest absolute Gasteiger partial charge is 0.231 e. The molecule has 0 saturated carbocycles. The van der Waals surface area contributed by atoms with Crippen LogP contribution < -0.4 is 19.5 Å². The zero-order chi connectivity index (χ0) is 18.0. The average molecular weight is 348 g/mol. The first-order valence-electron chi connectivity index (χ1n) is 8.84. The summed E-state index contributed by atoms with van der Waals surface area (Å²) in [6.45, 7) is 9.68. The Hall–Kier alpha value is -1.95. The summed E-state index contributed by atoms with van der Waals surface area (Å²) in [4.78, 5) is 14.4. The van der Waals surface area contributed by atoms with Crippen LogP contribution in [-0.4, -0.2) is 44.3 Å². The van der Waals surface area contributed by atoms with E-state index in [-0.39, 0.29) is 18.1 Å². The van der Waals surface area contributed by atoms with E-state index in [2.05, 4.69) is 10.2 Å². The van der Waals surface area contributed by atoms with E-state index >= 15 is 0 Å². The molecule has 0 bridgehead atoms. The molecule has 1 atom stereocenters. The van der Waals surface area contributed by atoms with Crippen molar-refractivity contribution in [3.8, 4) is 17.2 Å². The molecule has 3 rings (SSSR count). The van der Waals surface area contributed by atoms with Crippen LogP contribution in [0.1, 0.15) is 32.8 Å². The monoisotopic (exact) mass is 348 g/mol. The number of fused-ring (bicyclic) bond motifs is 1. The van der Waals surface area contributed by atoms with E-state index in [1.807, 2.05) is 32.9 Å². The number of hydrogen-bond donors (Lipinski definition) is 1. The minimum Gasteiger partial charge on any atom is -0.493 e. The Morgan fingerprint density at radius 1 is 1.36 bits per heavy atom. The summed E-state index contributed by atoms with van der Waals surface area (Å²) in [5.74, 6) is 2.78. The predicted octanol–water partition coefficient (Wildman–Crippen LogP) is 2.41. The second kappa shape index (κ2) is 7.12. The van der Waals surface area contributed by atoms with E-state index in [1.54, 1.807) is 7.11 Å². The molecule has 25 heavy (non-hydrogen) atoms. The van der Waals surface area contributed by atoms with Crippen LogP contribution in [-0.2, 0) is 11.3 Å². The molecule has 0 unspecified atom stereocenters. The van der Waals surface area contributed by atoms with Crippen molar-refractivity contribution in [3.05, 3.63) is 17.7 Å². The van der Waals surface area contributed by atoms with Crippen LogP contribution >= 0.6 is 0 Å². The van der Waals surface area contributed by atoms with Crippen LogP contribution in [0.4, 0.5) is 0 Å². The van der Waals surface area contributed by atoms with Gasteiger partial charge in [0.1, 0.15) is 0 Å². The third-order valence-electron chi connectivity index (χ3n) is 4.73. The van der Waals surface area contributed by atoms with Crippen LogP contribution in [0.15, 0.2) is 12.1 Å². The summed E-state index contributed by atoms with van der Waals surface area (Å²) in [6, 6.07) is 4.04. The van der Waals surface area contributed by atoms with Gasteiger partial charge in [0.25, 0.3) is 0 Å². The molecule has 1 saturated heterocycles. The van der Waals surface area contributed by atoms with Crippen molar-refractivity contribution in [1.29, 1.82) is 0 Å². The second-order valence-electron chi connectivity index (χ2n) is 7.88. The van der Waals surface area contributed by atoms with E-state index in [0.717, 1.165) is 49.7 Å². The van der Waals surface area contributed by atoms with Gasteiger partial charge in [-0.15, -0.1) is 0 Å². The van der Waals surface area contributed by atoms with Gasteiger partial charge in [0.05, 0.1) is 7.11 Å². The summed E-state index contributed by atoms with van der Waals surface area (Å²) < 4.78 is 16.3. The third kappa shape index (κ3) is 4.18. The summed E-state index contributed by atoms with van der Waals surface area (Å²) in [7, 11) is 1.64. The molecule has 2 heterocycles. The zero-order valence-electron chi connectivity index (χ0n) is 15.6. The minimum absolute atomic E-state index is 0.117. The Balaban J connectivity index is 1.54. The topological polar surface area (TPSA) is 60.0 Å². The van der Waals surface area contributed by atoms with Crippen molar-refractivity contribution in [2.24, 2.45) is 11.3 Å². The van der Waals surface area contributed by atoms with E-state index in [1.165, 1.54) is 0 Å². The first-order chi connectivity index (χ1) is 11.9. The first kappa shape index (κ1) is 17.9. The normalized spacial score (nSPS) is 19.9.